The molecule has 0 saturated carbocycles. The molecule has 6 nitrogen and oxygen atoms in total. The van der Waals surface area contributed by atoms with Crippen LogP contribution in [-0.2, 0) is 0 Å². The third kappa shape index (κ3) is 2.25. The van der Waals surface area contributed by atoms with Crippen LogP contribution in [0.1, 0.15) is 33.0 Å². The predicted molar refractivity (Wildman–Crippen MR) is 107 cm³/mol. The zero-order chi connectivity index (χ0) is 19.6. The van der Waals surface area contributed by atoms with E-state index in [4.69, 9.17) is 23.2 Å². The lowest BCUT2D eigenvalue weighted by Crippen LogP contribution is -2.33. The molecule has 0 spiro atoms. The van der Waals surface area contributed by atoms with Crippen molar-refractivity contribution in [3.63, 3.8) is 0 Å². The summed E-state index contributed by atoms with van der Waals surface area (Å²) in [7, 11) is 0. The highest BCUT2D eigenvalue weighted by Crippen LogP contribution is 2.50. The minimum Gasteiger partial charge on any atom is -0.340 e. The number of benzene rings is 2. The normalized spacial score (nSPS) is 17.1. The lowest BCUT2D eigenvalue weighted by molar-refractivity contribution is 0.103. The number of allylic oxidation sites excluding steroid dienone is 1. The molecule has 1 atom stereocenters. The number of halogens is 2. The summed E-state index contributed by atoms with van der Waals surface area (Å²) in [5, 5.41) is 3.71. The Morgan fingerprint density at radius 3 is 2.18 bits per heavy atom. The highest BCUT2D eigenvalue weighted by atomic mass is 35.5. The second-order valence-electron chi connectivity index (χ2n) is 6.55. The number of H-pyrrole nitrogens is 2. The van der Waals surface area contributed by atoms with E-state index in [0.717, 1.165) is 0 Å². The molecule has 1 aromatic heterocycles. The number of rotatable bonds is 1. The lowest BCUT2D eigenvalue weighted by Gasteiger charge is -2.28. The van der Waals surface area contributed by atoms with E-state index in [9.17, 15) is 14.4 Å². The fourth-order valence-electron chi connectivity index (χ4n) is 3.93. The molecule has 3 aromatic rings. The van der Waals surface area contributed by atoms with Crippen LogP contribution in [0.5, 0.6) is 0 Å². The average molecular weight is 412 g/mol. The van der Waals surface area contributed by atoms with Gasteiger partial charge in [-0.2, -0.15) is 0 Å². The van der Waals surface area contributed by atoms with E-state index in [0.29, 0.717) is 38.0 Å². The summed E-state index contributed by atoms with van der Waals surface area (Å²) in [6.45, 7) is 0. The van der Waals surface area contributed by atoms with Gasteiger partial charge in [-0.3, -0.25) is 19.6 Å². The van der Waals surface area contributed by atoms with Gasteiger partial charge in [0.1, 0.15) is 5.82 Å². The summed E-state index contributed by atoms with van der Waals surface area (Å²) in [6, 6.07) is 12.1. The number of hydrogen-bond acceptors (Lipinski definition) is 4. The molecule has 0 bridgehead atoms. The number of carbonyl (C=O) groups is 1. The van der Waals surface area contributed by atoms with Gasteiger partial charge >= 0.3 is 5.69 Å². The number of hydrogen-bond donors (Lipinski definition) is 3. The van der Waals surface area contributed by atoms with Crippen LogP contribution < -0.4 is 16.6 Å². The number of carbonyl (C=O) groups excluding carboxylic acids is 1. The molecule has 138 valence electrons. The Kier molecular flexibility index (Phi) is 3.62. The Bertz CT molecular complexity index is 1320. The van der Waals surface area contributed by atoms with Crippen molar-refractivity contribution in [3.05, 3.63) is 101 Å². The summed E-state index contributed by atoms with van der Waals surface area (Å²) in [6.07, 6.45) is 0. The van der Waals surface area contributed by atoms with Crippen molar-refractivity contribution in [3.8, 4) is 0 Å². The molecule has 5 rings (SSSR count). The molecule has 3 N–H and O–H groups in total. The zero-order valence-corrected chi connectivity index (χ0v) is 15.6. The number of nitrogens with one attached hydrogen (secondary N) is 3. The smallest absolute Gasteiger partial charge is 0.327 e. The van der Waals surface area contributed by atoms with Gasteiger partial charge in [0.2, 0.25) is 0 Å². The van der Waals surface area contributed by atoms with E-state index in [1.54, 1.807) is 30.3 Å². The van der Waals surface area contributed by atoms with Crippen molar-refractivity contribution >= 4 is 40.5 Å². The topological polar surface area (TPSA) is 94.8 Å². The molecule has 0 unspecified atom stereocenters. The van der Waals surface area contributed by atoms with Gasteiger partial charge in [0.05, 0.1) is 17.2 Å². The molecule has 0 radical (unpaired) electrons. The third-order valence-electron chi connectivity index (χ3n) is 5.05. The maximum atomic E-state index is 13.3. The third-order valence-corrected chi connectivity index (χ3v) is 5.71. The van der Waals surface area contributed by atoms with Gasteiger partial charge in [-0.15, -0.1) is 0 Å². The van der Waals surface area contributed by atoms with Gasteiger partial charge in [-0.1, -0.05) is 53.5 Å². The second kappa shape index (κ2) is 5.95. The molecule has 0 amide bonds. The molecule has 0 fully saturated rings. The maximum absolute atomic E-state index is 13.3. The number of ketones is 1. The molecule has 1 aliphatic carbocycles. The van der Waals surface area contributed by atoms with Crippen molar-refractivity contribution in [1.82, 2.24) is 9.97 Å². The van der Waals surface area contributed by atoms with E-state index >= 15 is 0 Å². The van der Waals surface area contributed by atoms with Crippen LogP contribution >= 0.6 is 23.2 Å². The van der Waals surface area contributed by atoms with E-state index in [1.165, 1.54) is 0 Å². The highest BCUT2D eigenvalue weighted by molar-refractivity contribution is 6.36. The van der Waals surface area contributed by atoms with E-state index < -0.39 is 17.2 Å². The number of fused-ring (bicyclic) bond motifs is 3. The minimum absolute atomic E-state index is 0.189. The molecule has 28 heavy (non-hydrogen) atoms. The molecular weight excluding hydrogens is 401 g/mol. The molecule has 2 aromatic carbocycles. The zero-order valence-electron chi connectivity index (χ0n) is 14.1. The fourth-order valence-corrected chi connectivity index (χ4v) is 4.54. The summed E-state index contributed by atoms with van der Waals surface area (Å²) < 4.78 is 0. The summed E-state index contributed by atoms with van der Waals surface area (Å²) in [5.41, 5.74) is 1.50. The minimum atomic E-state index is -0.826. The fraction of sp³-hybridized carbons (Fsp3) is 0.0500. The Labute approximate surface area is 167 Å². The van der Waals surface area contributed by atoms with Crippen LogP contribution in [0.3, 0.4) is 0 Å². The van der Waals surface area contributed by atoms with Crippen molar-refractivity contribution in [2.24, 2.45) is 0 Å². The first kappa shape index (κ1) is 17.0. The van der Waals surface area contributed by atoms with Gasteiger partial charge in [0.25, 0.3) is 5.56 Å². The van der Waals surface area contributed by atoms with Gasteiger partial charge in [-0.05, 0) is 12.1 Å². The SMILES string of the molecule is O=C1C2=C(Nc3[nH]c(=O)[nH]c(=O)c3[C@@H]2c2c(Cl)cccc2Cl)c2ccccc21. The maximum Gasteiger partial charge on any atom is 0.327 e. The van der Waals surface area contributed by atoms with Gasteiger partial charge < -0.3 is 5.32 Å². The monoisotopic (exact) mass is 411 g/mol. The summed E-state index contributed by atoms with van der Waals surface area (Å²) in [4.78, 5) is 42.7. The van der Waals surface area contributed by atoms with Crippen LogP contribution in [-0.4, -0.2) is 15.8 Å². The van der Waals surface area contributed by atoms with Crippen molar-refractivity contribution in [2.75, 3.05) is 5.32 Å². The van der Waals surface area contributed by atoms with Gasteiger partial charge in [0.15, 0.2) is 5.78 Å². The van der Waals surface area contributed by atoms with Crippen molar-refractivity contribution in [1.29, 1.82) is 0 Å². The average Bonchev–Trinajstić information content (AvgIpc) is 2.93. The highest BCUT2D eigenvalue weighted by Gasteiger charge is 2.43. The first-order valence-electron chi connectivity index (χ1n) is 8.43. The Hall–Kier alpha value is -3.09. The number of aromatic amines is 2. The second-order valence-corrected chi connectivity index (χ2v) is 7.37. The number of anilines is 1. The standard InChI is InChI=1S/C20H11Cl2N3O3/c21-10-6-3-7-11(22)12(10)13-14-16(8-4-1-2-5-9(8)17(14)26)23-18-15(13)19(27)25-20(28)24-18/h1-7,13H,(H3,23,24,25,27,28)/t13-/m1/s1. The molecular formula is C20H11Cl2N3O3. The molecule has 1 aliphatic heterocycles. The first-order chi connectivity index (χ1) is 13.5. The summed E-state index contributed by atoms with van der Waals surface area (Å²) >= 11 is 12.9. The summed E-state index contributed by atoms with van der Waals surface area (Å²) in [5.74, 6) is -0.818. The van der Waals surface area contributed by atoms with Crippen LogP contribution in [0, 0.1) is 0 Å². The van der Waals surface area contributed by atoms with Gasteiger partial charge in [-0.25, -0.2) is 4.79 Å². The predicted octanol–water partition coefficient (Wildman–Crippen LogP) is 3.54. The van der Waals surface area contributed by atoms with E-state index in [1.807, 2.05) is 12.1 Å². The molecule has 2 heterocycles. The van der Waals surface area contributed by atoms with Crippen LogP contribution in [0.25, 0.3) is 5.70 Å². The largest absolute Gasteiger partial charge is 0.340 e. The van der Waals surface area contributed by atoms with E-state index in [-0.39, 0.29) is 17.2 Å². The van der Waals surface area contributed by atoms with Crippen LogP contribution in [0.2, 0.25) is 10.0 Å². The Morgan fingerprint density at radius 1 is 0.786 bits per heavy atom. The van der Waals surface area contributed by atoms with E-state index in [2.05, 4.69) is 15.3 Å². The lowest BCUT2D eigenvalue weighted by atomic mass is 9.81. The van der Waals surface area contributed by atoms with Crippen LogP contribution in [0.15, 0.2) is 57.6 Å². The number of Topliss-reactive ketones (excluding diaryl/α,β-unsaturated/α-hetero) is 1. The molecule has 2 aliphatic rings. The quantitative estimate of drug-likeness (QED) is 0.570. The van der Waals surface area contributed by atoms with Crippen molar-refractivity contribution in [2.45, 2.75) is 5.92 Å². The molecule has 8 heteroatoms. The molecule has 0 saturated heterocycles. The Balaban J connectivity index is 1.90. The number of aromatic nitrogens is 2. The van der Waals surface area contributed by atoms with Crippen LogP contribution in [0.4, 0.5) is 5.82 Å². The van der Waals surface area contributed by atoms with Crippen molar-refractivity contribution < 1.29 is 4.79 Å². The first-order valence-corrected chi connectivity index (χ1v) is 9.18. The van der Waals surface area contributed by atoms with Gasteiger partial charge in [0, 0.05) is 32.3 Å². The Morgan fingerprint density at radius 2 is 1.46 bits per heavy atom.